The first-order chi connectivity index (χ1) is 12.0. The van der Waals surface area contributed by atoms with E-state index in [0.717, 1.165) is 22.6 Å². The molecular formula is C19H21N3O3. The van der Waals surface area contributed by atoms with Crippen molar-refractivity contribution in [1.82, 2.24) is 15.1 Å². The standard InChI is InChI=1S/C19H21N3O3/c1-12(2)22-18(24)11-9-16(21-22)15-8-10-17(23)20-19(15)13-4-6-14(25-3)7-5-13/h4-7,9,11-12H,8,10H2,1-3H3,(H,20,23). The summed E-state index contributed by atoms with van der Waals surface area (Å²) in [5.74, 6) is 0.728. The van der Waals surface area contributed by atoms with Crippen molar-refractivity contribution in [3.8, 4) is 5.75 Å². The van der Waals surface area contributed by atoms with Crippen LogP contribution in [0.3, 0.4) is 0 Å². The fourth-order valence-corrected chi connectivity index (χ4v) is 2.86. The molecule has 1 aromatic carbocycles. The largest absolute Gasteiger partial charge is 0.497 e. The highest BCUT2D eigenvalue weighted by atomic mass is 16.5. The van der Waals surface area contributed by atoms with E-state index in [2.05, 4.69) is 10.4 Å². The summed E-state index contributed by atoms with van der Waals surface area (Å²) in [4.78, 5) is 23.9. The molecule has 3 rings (SSSR count). The first kappa shape index (κ1) is 17.0. The van der Waals surface area contributed by atoms with Crippen LogP contribution in [0.25, 0.3) is 11.3 Å². The van der Waals surface area contributed by atoms with Gasteiger partial charge in [0.25, 0.3) is 5.56 Å². The van der Waals surface area contributed by atoms with Crippen molar-refractivity contribution in [2.75, 3.05) is 7.11 Å². The lowest BCUT2D eigenvalue weighted by Gasteiger charge is -2.22. The minimum Gasteiger partial charge on any atom is -0.497 e. The highest BCUT2D eigenvalue weighted by molar-refractivity contribution is 6.00. The molecule has 2 heterocycles. The number of carbonyl (C=O) groups is 1. The molecule has 0 saturated heterocycles. The summed E-state index contributed by atoms with van der Waals surface area (Å²) in [6, 6.07) is 10.7. The van der Waals surface area contributed by atoms with Crippen molar-refractivity contribution in [2.24, 2.45) is 0 Å². The van der Waals surface area contributed by atoms with Crippen LogP contribution in [0.2, 0.25) is 0 Å². The molecule has 0 radical (unpaired) electrons. The topological polar surface area (TPSA) is 73.2 Å². The third kappa shape index (κ3) is 3.47. The molecule has 6 heteroatoms. The summed E-state index contributed by atoms with van der Waals surface area (Å²) in [7, 11) is 1.61. The van der Waals surface area contributed by atoms with Crippen molar-refractivity contribution in [2.45, 2.75) is 32.7 Å². The van der Waals surface area contributed by atoms with E-state index in [0.29, 0.717) is 18.5 Å². The number of amides is 1. The third-order valence-corrected chi connectivity index (χ3v) is 4.17. The predicted octanol–water partition coefficient (Wildman–Crippen LogP) is 2.61. The number of nitrogens with one attached hydrogen (secondary N) is 1. The molecule has 0 atom stereocenters. The maximum absolute atomic E-state index is 12.0. The number of aromatic nitrogens is 2. The molecule has 0 spiro atoms. The molecule has 1 aromatic heterocycles. The Hall–Kier alpha value is -2.89. The van der Waals surface area contributed by atoms with Gasteiger partial charge in [-0.15, -0.1) is 0 Å². The van der Waals surface area contributed by atoms with E-state index in [1.807, 2.05) is 38.1 Å². The van der Waals surface area contributed by atoms with Crippen LogP contribution >= 0.6 is 0 Å². The van der Waals surface area contributed by atoms with Crippen molar-refractivity contribution >= 4 is 17.2 Å². The lowest BCUT2D eigenvalue weighted by molar-refractivity contribution is -0.120. The first-order valence-corrected chi connectivity index (χ1v) is 8.27. The molecule has 2 aromatic rings. The fraction of sp³-hybridized carbons (Fsp3) is 0.316. The Balaban J connectivity index is 2.13. The van der Waals surface area contributed by atoms with Gasteiger partial charge in [-0.3, -0.25) is 9.59 Å². The van der Waals surface area contributed by atoms with Gasteiger partial charge in [0.1, 0.15) is 5.75 Å². The lowest BCUT2D eigenvalue weighted by Crippen LogP contribution is -2.29. The minimum atomic E-state index is -0.134. The van der Waals surface area contributed by atoms with E-state index in [9.17, 15) is 9.59 Å². The molecule has 0 bridgehead atoms. The van der Waals surface area contributed by atoms with Gasteiger partial charge in [0.05, 0.1) is 24.5 Å². The second-order valence-corrected chi connectivity index (χ2v) is 6.23. The zero-order valence-corrected chi connectivity index (χ0v) is 14.6. The molecule has 1 aliphatic rings. The Kier molecular flexibility index (Phi) is 4.70. The minimum absolute atomic E-state index is 0.0215. The van der Waals surface area contributed by atoms with E-state index in [4.69, 9.17) is 4.74 Å². The number of benzene rings is 1. The van der Waals surface area contributed by atoms with Gasteiger partial charge in [-0.25, -0.2) is 4.68 Å². The number of nitrogens with zero attached hydrogens (tertiary/aromatic N) is 2. The lowest BCUT2D eigenvalue weighted by atomic mass is 9.95. The molecule has 6 nitrogen and oxygen atoms in total. The molecule has 25 heavy (non-hydrogen) atoms. The zero-order valence-electron chi connectivity index (χ0n) is 14.6. The number of methoxy groups -OCH3 is 1. The highest BCUT2D eigenvalue weighted by Crippen LogP contribution is 2.31. The van der Waals surface area contributed by atoms with Gasteiger partial charge >= 0.3 is 0 Å². The van der Waals surface area contributed by atoms with Gasteiger partial charge in [-0.1, -0.05) is 0 Å². The van der Waals surface area contributed by atoms with Crippen molar-refractivity contribution in [3.05, 3.63) is 58.0 Å². The molecule has 130 valence electrons. The molecule has 0 fully saturated rings. The Morgan fingerprint density at radius 2 is 1.80 bits per heavy atom. The quantitative estimate of drug-likeness (QED) is 0.929. The van der Waals surface area contributed by atoms with Crippen molar-refractivity contribution in [1.29, 1.82) is 0 Å². The Morgan fingerprint density at radius 1 is 1.08 bits per heavy atom. The van der Waals surface area contributed by atoms with Gasteiger partial charge in [0, 0.05) is 18.1 Å². The molecule has 0 saturated carbocycles. The van der Waals surface area contributed by atoms with Gasteiger partial charge in [0.15, 0.2) is 0 Å². The molecule has 0 aliphatic carbocycles. The van der Waals surface area contributed by atoms with E-state index in [-0.39, 0.29) is 17.5 Å². The van der Waals surface area contributed by atoms with Crippen LogP contribution in [0.4, 0.5) is 0 Å². The number of carbonyl (C=O) groups excluding carboxylic acids is 1. The van der Waals surface area contributed by atoms with E-state index in [1.54, 1.807) is 13.2 Å². The molecule has 1 amide bonds. The van der Waals surface area contributed by atoms with E-state index >= 15 is 0 Å². The smallest absolute Gasteiger partial charge is 0.267 e. The summed E-state index contributed by atoms with van der Waals surface area (Å²) in [6.07, 6.45) is 0.980. The Labute approximate surface area is 146 Å². The third-order valence-electron chi connectivity index (χ3n) is 4.17. The van der Waals surface area contributed by atoms with Crippen LogP contribution in [0, 0.1) is 0 Å². The van der Waals surface area contributed by atoms with Crippen molar-refractivity contribution < 1.29 is 9.53 Å². The maximum Gasteiger partial charge on any atom is 0.267 e. The molecular weight excluding hydrogens is 318 g/mol. The summed E-state index contributed by atoms with van der Waals surface area (Å²) >= 11 is 0. The normalized spacial score (nSPS) is 14.6. The van der Waals surface area contributed by atoms with Crippen LogP contribution in [0.15, 0.2) is 41.2 Å². The number of allylic oxidation sites excluding steroid dienone is 1. The van der Waals surface area contributed by atoms with Crippen molar-refractivity contribution in [3.63, 3.8) is 0 Å². The van der Waals surface area contributed by atoms with Gasteiger partial charge in [0.2, 0.25) is 5.91 Å². The van der Waals surface area contributed by atoms with Crippen LogP contribution in [0.1, 0.15) is 44.0 Å². The van der Waals surface area contributed by atoms with E-state index < -0.39 is 0 Å². The van der Waals surface area contributed by atoms with Gasteiger partial charge in [-0.05, 0) is 56.2 Å². The highest BCUT2D eigenvalue weighted by Gasteiger charge is 2.22. The van der Waals surface area contributed by atoms with Crippen LogP contribution in [0.5, 0.6) is 5.75 Å². The maximum atomic E-state index is 12.0. The fourth-order valence-electron chi connectivity index (χ4n) is 2.86. The van der Waals surface area contributed by atoms with Gasteiger partial charge in [-0.2, -0.15) is 5.10 Å². The monoisotopic (exact) mass is 339 g/mol. The van der Waals surface area contributed by atoms with E-state index in [1.165, 1.54) is 10.7 Å². The number of rotatable bonds is 4. The summed E-state index contributed by atoms with van der Waals surface area (Å²) in [6.45, 7) is 3.83. The number of hydrogen-bond acceptors (Lipinski definition) is 4. The summed E-state index contributed by atoms with van der Waals surface area (Å²) < 4.78 is 6.65. The molecule has 1 N–H and O–H groups in total. The SMILES string of the molecule is COc1ccc(C2=C(c3ccc(=O)n(C(C)C)n3)CCC(=O)N2)cc1. The second kappa shape index (κ2) is 6.93. The first-order valence-electron chi connectivity index (χ1n) is 8.27. The Morgan fingerprint density at radius 3 is 2.44 bits per heavy atom. The molecule has 1 aliphatic heterocycles. The second-order valence-electron chi connectivity index (χ2n) is 6.23. The Bertz CT molecular complexity index is 880. The van der Waals surface area contributed by atoms with Crippen LogP contribution in [-0.2, 0) is 4.79 Å². The van der Waals surface area contributed by atoms with Crippen LogP contribution < -0.4 is 15.6 Å². The summed E-state index contributed by atoms with van der Waals surface area (Å²) in [5, 5.41) is 7.45. The van der Waals surface area contributed by atoms with Gasteiger partial charge < -0.3 is 10.1 Å². The predicted molar refractivity (Wildman–Crippen MR) is 96.1 cm³/mol. The number of ether oxygens (including phenoxy) is 1. The average molecular weight is 339 g/mol. The average Bonchev–Trinajstić information content (AvgIpc) is 2.62. The van der Waals surface area contributed by atoms with Crippen LogP contribution in [-0.4, -0.2) is 22.8 Å². The molecule has 0 unspecified atom stereocenters. The summed E-state index contributed by atoms with van der Waals surface area (Å²) in [5.41, 5.74) is 3.12. The number of hydrogen-bond donors (Lipinski definition) is 1. The zero-order chi connectivity index (χ0) is 18.0.